The van der Waals surface area contributed by atoms with Gasteiger partial charge in [-0.05, 0) is 62.8 Å². The van der Waals surface area contributed by atoms with Gasteiger partial charge in [-0.15, -0.1) is 0 Å². The summed E-state index contributed by atoms with van der Waals surface area (Å²) in [6, 6.07) is 5.95. The molecule has 29 heavy (non-hydrogen) atoms. The van der Waals surface area contributed by atoms with Gasteiger partial charge in [0.25, 0.3) is 0 Å². The smallest absolute Gasteiger partial charge is 0.242 e. The minimum atomic E-state index is -3.83. The van der Waals surface area contributed by atoms with Crippen LogP contribution < -0.4 is 5.32 Å². The molecule has 8 heteroatoms. The minimum Gasteiger partial charge on any atom is -0.352 e. The van der Waals surface area contributed by atoms with Crippen molar-refractivity contribution < 1.29 is 18.0 Å². The van der Waals surface area contributed by atoms with Crippen LogP contribution in [0.5, 0.6) is 0 Å². The second-order valence-electron chi connectivity index (χ2n) is 8.51. The van der Waals surface area contributed by atoms with Gasteiger partial charge in [0, 0.05) is 30.1 Å². The van der Waals surface area contributed by atoms with E-state index in [-0.39, 0.29) is 22.8 Å². The first kappa shape index (κ1) is 20.7. The monoisotopic (exact) mass is 438 g/mol. The van der Waals surface area contributed by atoms with E-state index in [0.717, 1.165) is 12.8 Å². The van der Waals surface area contributed by atoms with Crippen molar-refractivity contribution in [3.05, 3.63) is 29.3 Å². The zero-order chi connectivity index (χ0) is 20.6. The van der Waals surface area contributed by atoms with E-state index in [4.69, 9.17) is 11.6 Å². The van der Waals surface area contributed by atoms with E-state index in [2.05, 4.69) is 5.32 Å². The highest BCUT2D eigenvalue weighted by atomic mass is 35.5. The molecule has 0 radical (unpaired) electrons. The summed E-state index contributed by atoms with van der Waals surface area (Å²) in [6.07, 6.45) is 5.42. The zero-order valence-electron chi connectivity index (χ0n) is 16.4. The minimum absolute atomic E-state index is 0.0938. The Morgan fingerprint density at radius 1 is 1.00 bits per heavy atom. The molecule has 6 nitrogen and oxygen atoms in total. The number of rotatable bonds is 5. The van der Waals surface area contributed by atoms with Crippen molar-refractivity contribution in [2.45, 2.75) is 67.1 Å². The molecule has 3 fully saturated rings. The molecule has 1 saturated heterocycles. The van der Waals surface area contributed by atoms with E-state index >= 15 is 0 Å². The van der Waals surface area contributed by atoms with Gasteiger partial charge in [0.1, 0.15) is 0 Å². The Morgan fingerprint density at radius 2 is 1.59 bits per heavy atom. The lowest BCUT2D eigenvalue weighted by Crippen LogP contribution is -2.55. The molecule has 1 aromatic carbocycles. The highest BCUT2D eigenvalue weighted by Gasteiger charge is 2.53. The van der Waals surface area contributed by atoms with Crippen molar-refractivity contribution in [1.82, 2.24) is 10.2 Å². The molecule has 2 saturated carbocycles. The van der Waals surface area contributed by atoms with Crippen molar-refractivity contribution in [2.24, 2.45) is 5.92 Å². The van der Waals surface area contributed by atoms with Gasteiger partial charge in [0.15, 0.2) is 14.6 Å². The largest absolute Gasteiger partial charge is 0.352 e. The molecule has 1 aliphatic heterocycles. The third kappa shape index (κ3) is 3.91. The van der Waals surface area contributed by atoms with Gasteiger partial charge in [-0.2, -0.15) is 0 Å². The Morgan fingerprint density at radius 3 is 2.14 bits per heavy atom. The van der Waals surface area contributed by atoms with Crippen LogP contribution in [0.15, 0.2) is 29.2 Å². The maximum absolute atomic E-state index is 13.4. The van der Waals surface area contributed by atoms with Crippen molar-refractivity contribution in [2.75, 3.05) is 13.1 Å². The second kappa shape index (κ2) is 7.91. The molecule has 158 valence electrons. The van der Waals surface area contributed by atoms with Gasteiger partial charge in [-0.25, -0.2) is 8.42 Å². The van der Waals surface area contributed by atoms with Crippen LogP contribution in [0.1, 0.15) is 51.4 Å². The number of nitrogens with zero attached hydrogens (tertiary/aromatic N) is 1. The molecular formula is C21H27ClN2O4S. The number of hydrogen-bond acceptors (Lipinski definition) is 4. The number of amides is 2. The molecule has 1 heterocycles. The normalized spacial score (nSPS) is 22.4. The summed E-state index contributed by atoms with van der Waals surface area (Å²) in [5, 5.41) is 3.47. The van der Waals surface area contributed by atoms with Crippen LogP contribution in [0.4, 0.5) is 0 Å². The van der Waals surface area contributed by atoms with Gasteiger partial charge < -0.3 is 10.2 Å². The number of hydrogen-bond donors (Lipinski definition) is 1. The number of carbonyl (C=O) groups excluding carboxylic acids is 2. The van der Waals surface area contributed by atoms with Gasteiger partial charge >= 0.3 is 0 Å². The summed E-state index contributed by atoms with van der Waals surface area (Å²) < 4.78 is 25.4. The summed E-state index contributed by atoms with van der Waals surface area (Å²) >= 11 is 5.90. The number of carbonyl (C=O) groups is 2. The van der Waals surface area contributed by atoms with E-state index in [0.29, 0.717) is 56.6 Å². The molecule has 3 aliphatic rings. The van der Waals surface area contributed by atoms with Crippen LogP contribution in [0.3, 0.4) is 0 Å². The molecule has 0 atom stereocenters. The van der Waals surface area contributed by atoms with E-state index in [1.165, 1.54) is 12.1 Å². The van der Waals surface area contributed by atoms with Crippen LogP contribution in [-0.2, 0) is 19.4 Å². The van der Waals surface area contributed by atoms with Gasteiger partial charge in [-0.1, -0.05) is 24.4 Å². The first-order valence-corrected chi connectivity index (χ1v) is 12.3. The molecule has 1 aromatic rings. The Hall–Kier alpha value is -1.60. The summed E-state index contributed by atoms with van der Waals surface area (Å²) in [6.45, 7) is 1.24. The SMILES string of the molecule is O=C(C1CC1)N1CCC(NC(=O)C2(S(=O)(=O)c3ccc(Cl)cc3)CCCC2)CC1. The van der Waals surface area contributed by atoms with Crippen molar-refractivity contribution in [3.63, 3.8) is 0 Å². The molecule has 2 aliphatic carbocycles. The first-order valence-electron chi connectivity index (χ1n) is 10.4. The second-order valence-corrected chi connectivity index (χ2v) is 11.2. The fourth-order valence-electron chi connectivity index (χ4n) is 4.55. The van der Waals surface area contributed by atoms with Crippen molar-refractivity contribution in [3.8, 4) is 0 Å². The van der Waals surface area contributed by atoms with Gasteiger partial charge in [0.05, 0.1) is 4.90 Å². The lowest BCUT2D eigenvalue weighted by molar-refractivity contribution is -0.133. The fraction of sp³-hybridized carbons (Fsp3) is 0.619. The topological polar surface area (TPSA) is 83.6 Å². The van der Waals surface area contributed by atoms with E-state index < -0.39 is 20.5 Å². The Balaban J connectivity index is 1.46. The molecule has 0 aromatic heterocycles. The number of nitrogens with one attached hydrogen (secondary N) is 1. The lowest BCUT2D eigenvalue weighted by atomic mass is 10.0. The maximum atomic E-state index is 13.4. The molecule has 0 spiro atoms. The quantitative estimate of drug-likeness (QED) is 0.766. The molecule has 1 N–H and O–H groups in total. The number of halogens is 1. The standard InChI is InChI=1S/C21H27ClN2O4S/c22-16-5-7-18(8-6-16)29(27,28)21(11-1-2-12-21)20(26)23-17-9-13-24(14-10-17)19(25)15-3-4-15/h5-8,15,17H,1-4,9-14H2,(H,23,26). The highest BCUT2D eigenvalue weighted by Crippen LogP contribution is 2.41. The van der Waals surface area contributed by atoms with E-state index in [9.17, 15) is 18.0 Å². The summed E-state index contributed by atoms with van der Waals surface area (Å²) in [5.41, 5.74) is 0. The Bertz CT molecular complexity index is 882. The van der Waals surface area contributed by atoms with E-state index in [1.807, 2.05) is 4.90 Å². The summed E-state index contributed by atoms with van der Waals surface area (Å²) in [7, 11) is -3.83. The summed E-state index contributed by atoms with van der Waals surface area (Å²) in [4.78, 5) is 27.5. The number of piperidine rings is 1. The number of benzene rings is 1. The van der Waals surface area contributed by atoms with Crippen LogP contribution >= 0.6 is 11.6 Å². The number of likely N-dealkylation sites (tertiary alicyclic amines) is 1. The molecular weight excluding hydrogens is 412 g/mol. The third-order valence-electron chi connectivity index (χ3n) is 6.53. The van der Waals surface area contributed by atoms with Crippen LogP contribution in [-0.4, -0.2) is 49.0 Å². The fourth-order valence-corrected chi connectivity index (χ4v) is 6.75. The average molecular weight is 439 g/mol. The summed E-state index contributed by atoms with van der Waals surface area (Å²) in [5.74, 6) is 0.0386. The van der Waals surface area contributed by atoms with Gasteiger partial charge in [0.2, 0.25) is 11.8 Å². The Labute approximate surface area is 176 Å². The van der Waals surface area contributed by atoms with Gasteiger partial charge in [-0.3, -0.25) is 9.59 Å². The highest BCUT2D eigenvalue weighted by molar-refractivity contribution is 7.93. The van der Waals surface area contributed by atoms with Crippen molar-refractivity contribution >= 4 is 33.3 Å². The molecule has 2 amide bonds. The lowest BCUT2D eigenvalue weighted by Gasteiger charge is -2.35. The molecule has 0 unspecified atom stereocenters. The first-order chi connectivity index (χ1) is 13.8. The predicted molar refractivity (Wildman–Crippen MR) is 110 cm³/mol. The van der Waals surface area contributed by atoms with Crippen molar-refractivity contribution in [1.29, 1.82) is 0 Å². The molecule has 4 rings (SSSR count). The maximum Gasteiger partial charge on any atom is 0.242 e. The zero-order valence-corrected chi connectivity index (χ0v) is 18.0. The van der Waals surface area contributed by atoms with Crippen LogP contribution in [0.2, 0.25) is 5.02 Å². The van der Waals surface area contributed by atoms with E-state index in [1.54, 1.807) is 12.1 Å². The third-order valence-corrected chi connectivity index (χ3v) is 9.30. The molecule has 0 bridgehead atoms. The number of sulfone groups is 1. The Kier molecular flexibility index (Phi) is 5.64. The van der Waals surface area contributed by atoms with Crippen LogP contribution in [0, 0.1) is 5.92 Å². The average Bonchev–Trinajstić information content (AvgIpc) is 3.43. The van der Waals surface area contributed by atoms with Crippen LogP contribution in [0.25, 0.3) is 0 Å². The predicted octanol–water partition coefficient (Wildman–Crippen LogP) is 2.94.